The van der Waals surface area contributed by atoms with Gasteiger partial charge in [-0.05, 0) is 32.1 Å². The van der Waals surface area contributed by atoms with Gasteiger partial charge in [-0.1, -0.05) is 13.8 Å². The Kier molecular flexibility index (Phi) is 5.26. The molecular weight excluding hydrogens is 346 g/mol. The van der Waals surface area contributed by atoms with Crippen molar-refractivity contribution >= 4 is 17.1 Å². The Bertz CT molecular complexity index is 964. The Morgan fingerprint density at radius 2 is 1.89 bits per heavy atom. The molecule has 27 heavy (non-hydrogen) atoms. The van der Waals surface area contributed by atoms with Crippen LogP contribution in [0.5, 0.6) is 0 Å². The summed E-state index contributed by atoms with van der Waals surface area (Å²) in [6.45, 7) is 6.93. The van der Waals surface area contributed by atoms with Gasteiger partial charge in [0.25, 0.3) is 5.56 Å². The summed E-state index contributed by atoms with van der Waals surface area (Å²) >= 11 is 0. The summed E-state index contributed by atoms with van der Waals surface area (Å²) in [5.41, 5.74) is 0.0322. The number of imidazole rings is 1. The average Bonchev–Trinajstić information content (AvgIpc) is 3.36. The Morgan fingerprint density at radius 1 is 1.22 bits per heavy atom. The van der Waals surface area contributed by atoms with E-state index in [0.29, 0.717) is 42.5 Å². The van der Waals surface area contributed by atoms with Gasteiger partial charge in [0.15, 0.2) is 11.2 Å². The molecule has 148 valence electrons. The fraction of sp³-hybridized carbons (Fsp3) is 0.684. The molecule has 0 bridgehead atoms. The average molecular weight is 375 g/mol. The zero-order valence-corrected chi connectivity index (χ0v) is 16.8. The minimum atomic E-state index is -0.393. The second kappa shape index (κ2) is 7.32. The highest BCUT2D eigenvalue weighted by Gasteiger charge is 2.36. The van der Waals surface area contributed by atoms with E-state index in [1.807, 2.05) is 0 Å². The van der Waals surface area contributed by atoms with Gasteiger partial charge in [-0.25, -0.2) is 9.78 Å². The third-order valence-electron chi connectivity index (χ3n) is 5.64. The van der Waals surface area contributed by atoms with Gasteiger partial charge in [-0.3, -0.25) is 18.7 Å². The molecule has 1 aliphatic carbocycles. The Hall–Kier alpha value is -2.38. The molecule has 2 aromatic rings. The molecule has 1 atom stereocenters. The summed E-state index contributed by atoms with van der Waals surface area (Å²) in [5, 5.41) is 0. The number of aryl methyl sites for hydroxylation is 2. The summed E-state index contributed by atoms with van der Waals surface area (Å²) in [4.78, 5) is 43.5. The first-order valence-electron chi connectivity index (χ1n) is 9.66. The molecule has 1 amide bonds. The van der Waals surface area contributed by atoms with Crippen LogP contribution in [0.1, 0.15) is 46.5 Å². The third-order valence-corrected chi connectivity index (χ3v) is 5.64. The first kappa shape index (κ1) is 19.4. The fourth-order valence-electron chi connectivity index (χ4n) is 3.53. The molecule has 3 rings (SSSR count). The van der Waals surface area contributed by atoms with Crippen molar-refractivity contribution < 1.29 is 4.79 Å². The molecular formula is C19H29N5O3. The summed E-state index contributed by atoms with van der Waals surface area (Å²) in [5.74, 6) is 0.611. The third kappa shape index (κ3) is 3.57. The molecule has 0 N–H and O–H groups in total. The van der Waals surface area contributed by atoms with Crippen molar-refractivity contribution in [2.45, 2.75) is 65.1 Å². The van der Waals surface area contributed by atoms with Crippen LogP contribution in [0.4, 0.5) is 0 Å². The van der Waals surface area contributed by atoms with E-state index in [4.69, 9.17) is 0 Å². The first-order valence-corrected chi connectivity index (χ1v) is 9.66. The van der Waals surface area contributed by atoms with E-state index < -0.39 is 5.69 Å². The lowest BCUT2D eigenvalue weighted by Crippen LogP contribution is -2.43. The SMILES string of the molecule is CC(C)C(C)N(C(=O)CCCn1cnc2c1c(=O)n(C)c(=O)n2C)C1CC1. The Balaban J connectivity index is 1.73. The highest BCUT2D eigenvalue weighted by molar-refractivity contribution is 5.77. The second-order valence-electron chi connectivity index (χ2n) is 7.94. The number of amides is 1. The van der Waals surface area contributed by atoms with Crippen LogP contribution in [0.25, 0.3) is 11.2 Å². The monoisotopic (exact) mass is 375 g/mol. The number of aromatic nitrogens is 4. The molecule has 0 radical (unpaired) electrons. The second-order valence-corrected chi connectivity index (χ2v) is 7.94. The Labute approximate surface area is 158 Å². The predicted molar refractivity (Wildman–Crippen MR) is 104 cm³/mol. The number of carbonyl (C=O) groups is 1. The fourth-order valence-corrected chi connectivity index (χ4v) is 3.53. The lowest BCUT2D eigenvalue weighted by atomic mass is 10.0. The molecule has 1 saturated carbocycles. The van der Waals surface area contributed by atoms with Crippen molar-refractivity contribution in [2.75, 3.05) is 0 Å². The highest BCUT2D eigenvalue weighted by atomic mass is 16.2. The molecule has 8 heteroatoms. The van der Waals surface area contributed by atoms with Gasteiger partial charge in [0, 0.05) is 39.1 Å². The predicted octanol–water partition coefficient (Wildman–Crippen LogP) is 1.25. The van der Waals surface area contributed by atoms with E-state index in [9.17, 15) is 14.4 Å². The minimum Gasteiger partial charge on any atom is -0.337 e. The number of nitrogens with zero attached hydrogens (tertiary/aromatic N) is 5. The maximum atomic E-state index is 12.8. The molecule has 1 fully saturated rings. The summed E-state index contributed by atoms with van der Waals surface area (Å²) in [7, 11) is 3.07. The maximum absolute atomic E-state index is 12.8. The maximum Gasteiger partial charge on any atom is 0.332 e. The van der Waals surface area contributed by atoms with Crippen LogP contribution >= 0.6 is 0 Å². The van der Waals surface area contributed by atoms with Gasteiger partial charge in [0.05, 0.1) is 6.33 Å². The van der Waals surface area contributed by atoms with Crippen LogP contribution < -0.4 is 11.2 Å². The van der Waals surface area contributed by atoms with Crippen molar-refractivity contribution in [2.24, 2.45) is 20.0 Å². The number of fused-ring (bicyclic) bond motifs is 1. The molecule has 0 saturated heterocycles. The van der Waals surface area contributed by atoms with E-state index in [1.165, 1.54) is 11.6 Å². The van der Waals surface area contributed by atoms with E-state index in [-0.39, 0.29) is 17.5 Å². The summed E-state index contributed by atoms with van der Waals surface area (Å²) in [6.07, 6.45) is 4.84. The van der Waals surface area contributed by atoms with Crippen molar-refractivity contribution in [1.29, 1.82) is 0 Å². The van der Waals surface area contributed by atoms with E-state index in [1.54, 1.807) is 17.9 Å². The lowest BCUT2D eigenvalue weighted by Gasteiger charge is -2.32. The molecule has 0 spiro atoms. The Morgan fingerprint density at radius 3 is 2.48 bits per heavy atom. The topological polar surface area (TPSA) is 82.1 Å². The van der Waals surface area contributed by atoms with Crippen LogP contribution in [0, 0.1) is 5.92 Å². The zero-order chi connectivity index (χ0) is 19.9. The van der Waals surface area contributed by atoms with E-state index in [0.717, 1.165) is 17.4 Å². The minimum absolute atomic E-state index is 0.184. The largest absolute Gasteiger partial charge is 0.337 e. The van der Waals surface area contributed by atoms with Crippen molar-refractivity contribution in [1.82, 2.24) is 23.6 Å². The van der Waals surface area contributed by atoms with E-state index in [2.05, 4.69) is 30.7 Å². The van der Waals surface area contributed by atoms with Gasteiger partial charge >= 0.3 is 5.69 Å². The van der Waals surface area contributed by atoms with Gasteiger partial charge in [0.2, 0.25) is 5.91 Å². The molecule has 0 aliphatic heterocycles. The zero-order valence-electron chi connectivity index (χ0n) is 16.8. The molecule has 2 heterocycles. The molecule has 1 unspecified atom stereocenters. The van der Waals surface area contributed by atoms with Crippen LogP contribution in [-0.2, 0) is 25.4 Å². The highest BCUT2D eigenvalue weighted by Crippen LogP contribution is 2.31. The van der Waals surface area contributed by atoms with Crippen LogP contribution in [-0.4, -0.2) is 41.6 Å². The van der Waals surface area contributed by atoms with E-state index >= 15 is 0 Å². The molecule has 8 nitrogen and oxygen atoms in total. The standard InChI is InChI=1S/C19H29N5O3/c1-12(2)13(3)24(14-8-9-14)15(25)7-6-10-23-11-20-17-16(23)18(26)22(5)19(27)21(17)4/h11-14H,6-10H2,1-5H3. The smallest absolute Gasteiger partial charge is 0.332 e. The van der Waals surface area contributed by atoms with Gasteiger partial charge in [-0.2, -0.15) is 0 Å². The number of rotatable bonds is 7. The van der Waals surface area contributed by atoms with Gasteiger partial charge in [0.1, 0.15) is 0 Å². The van der Waals surface area contributed by atoms with Crippen molar-refractivity contribution in [3.05, 3.63) is 27.2 Å². The van der Waals surface area contributed by atoms with Crippen molar-refractivity contribution in [3.8, 4) is 0 Å². The molecule has 1 aliphatic rings. The quantitative estimate of drug-likeness (QED) is 0.729. The molecule has 2 aromatic heterocycles. The number of hydrogen-bond acceptors (Lipinski definition) is 4. The first-order chi connectivity index (χ1) is 12.7. The summed E-state index contributed by atoms with van der Waals surface area (Å²) < 4.78 is 4.21. The lowest BCUT2D eigenvalue weighted by molar-refractivity contribution is -0.135. The van der Waals surface area contributed by atoms with Crippen LogP contribution in [0.2, 0.25) is 0 Å². The van der Waals surface area contributed by atoms with Gasteiger partial charge in [-0.15, -0.1) is 0 Å². The molecule has 0 aromatic carbocycles. The summed E-state index contributed by atoms with van der Waals surface area (Å²) in [6, 6.07) is 0.631. The van der Waals surface area contributed by atoms with Crippen molar-refractivity contribution in [3.63, 3.8) is 0 Å². The van der Waals surface area contributed by atoms with Crippen LogP contribution in [0.3, 0.4) is 0 Å². The van der Waals surface area contributed by atoms with Gasteiger partial charge < -0.3 is 9.47 Å². The number of carbonyl (C=O) groups excluding carboxylic acids is 1. The number of hydrogen-bond donors (Lipinski definition) is 0. The van der Waals surface area contributed by atoms with Crippen LogP contribution in [0.15, 0.2) is 15.9 Å². The normalized spacial score (nSPS) is 15.5.